The molecule has 5 aromatic rings. The Balaban J connectivity index is 1.49. The van der Waals surface area contributed by atoms with E-state index in [1.54, 1.807) is 33.9 Å². The van der Waals surface area contributed by atoms with Crippen LogP contribution < -0.4 is 10.6 Å². The summed E-state index contributed by atoms with van der Waals surface area (Å²) in [4.78, 5) is 17.5. The molecule has 196 valence electrons. The van der Waals surface area contributed by atoms with Crippen molar-refractivity contribution in [3.05, 3.63) is 84.7 Å². The molecule has 1 aromatic carbocycles. The molecule has 0 aliphatic rings. The number of pyridine rings is 1. The molecule has 0 spiro atoms. The van der Waals surface area contributed by atoms with Crippen molar-refractivity contribution in [3.63, 3.8) is 0 Å². The maximum atomic E-state index is 14.3. The van der Waals surface area contributed by atoms with E-state index in [4.69, 9.17) is 0 Å². The molecule has 12 heteroatoms. The molecule has 1 amide bonds. The smallest absolute Gasteiger partial charge is 0.255 e. The molecule has 0 aliphatic heterocycles. The van der Waals surface area contributed by atoms with Crippen LogP contribution in [0.15, 0.2) is 73.6 Å². The molecule has 0 radical (unpaired) electrons. The number of nitrogens with zero attached hydrogens (tertiary/aromatic N) is 7. The molecule has 0 aliphatic carbocycles. The number of hydrogen-bond acceptors (Lipinski definition) is 8. The number of nitrogens with one attached hydrogen (secondary N) is 2. The Hall–Kier alpha value is -5.15. The average molecular weight is 526 g/mol. The number of anilines is 2. The van der Waals surface area contributed by atoms with E-state index in [0.29, 0.717) is 33.8 Å². The largest absolute Gasteiger partial charge is 0.387 e. The van der Waals surface area contributed by atoms with Crippen molar-refractivity contribution in [2.75, 3.05) is 11.9 Å². The number of halogens is 1. The van der Waals surface area contributed by atoms with E-state index in [1.807, 2.05) is 36.4 Å². The summed E-state index contributed by atoms with van der Waals surface area (Å²) in [6.45, 7) is 2.31. The first-order valence-electron chi connectivity index (χ1n) is 12.0. The minimum absolute atomic E-state index is 0.185. The molecule has 3 N–H and O–H groups in total. The van der Waals surface area contributed by atoms with Crippen molar-refractivity contribution in [2.45, 2.75) is 25.6 Å². The van der Waals surface area contributed by atoms with Crippen LogP contribution in [0, 0.1) is 11.3 Å². The maximum Gasteiger partial charge on any atom is 0.255 e. The number of nitriles is 1. The van der Waals surface area contributed by atoms with E-state index < -0.39 is 17.7 Å². The number of hydrogen-bond donors (Lipinski definition) is 3. The highest BCUT2D eigenvalue weighted by Gasteiger charge is 2.27. The summed E-state index contributed by atoms with van der Waals surface area (Å²) >= 11 is 0. The summed E-state index contributed by atoms with van der Waals surface area (Å²) in [5.41, 5.74) is 2.87. The highest BCUT2D eigenvalue weighted by Crippen LogP contribution is 2.28. The van der Waals surface area contributed by atoms with Crippen LogP contribution in [0.3, 0.4) is 0 Å². The van der Waals surface area contributed by atoms with Gasteiger partial charge in [-0.3, -0.25) is 14.3 Å². The van der Waals surface area contributed by atoms with Crippen LogP contribution in [0.2, 0.25) is 0 Å². The topological polar surface area (TPSA) is 146 Å². The summed E-state index contributed by atoms with van der Waals surface area (Å²) in [6.07, 6.45) is 4.37. The molecule has 4 aromatic heterocycles. The highest BCUT2D eigenvalue weighted by atomic mass is 19.1. The second-order valence-electron chi connectivity index (χ2n) is 9.40. The van der Waals surface area contributed by atoms with E-state index >= 15 is 0 Å². The van der Waals surface area contributed by atoms with Crippen molar-refractivity contribution in [2.24, 2.45) is 0 Å². The van der Waals surface area contributed by atoms with Gasteiger partial charge in [-0.1, -0.05) is 0 Å². The first-order chi connectivity index (χ1) is 18.7. The fourth-order valence-corrected chi connectivity index (χ4v) is 3.87. The molecule has 0 bridgehead atoms. The third-order valence-electron chi connectivity index (χ3n) is 6.11. The van der Waals surface area contributed by atoms with Gasteiger partial charge < -0.3 is 15.7 Å². The predicted molar refractivity (Wildman–Crippen MR) is 141 cm³/mol. The summed E-state index contributed by atoms with van der Waals surface area (Å²) in [5.74, 6) is -0.554. The third kappa shape index (κ3) is 5.43. The zero-order valence-electron chi connectivity index (χ0n) is 21.1. The number of aromatic nitrogens is 6. The van der Waals surface area contributed by atoms with Crippen molar-refractivity contribution in [3.8, 4) is 23.1 Å². The zero-order chi connectivity index (χ0) is 27.6. The number of rotatable bonds is 8. The number of carbonyl (C=O) groups excluding carboxylic acids is 1. The molecule has 4 heterocycles. The Kier molecular flexibility index (Phi) is 6.74. The first kappa shape index (κ1) is 25.5. The normalized spacial score (nSPS) is 12.2. The second-order valence-corrected chi connectivity index (χ2v) is 9.40. The van der Waals surface area contributed by atoms with E-state index in [1.165, 1.54) is 26.2 Å². The highest BCUT2D eigenvalue weighted by molar-refractivity contribution is 6.00. The minimum atomic E-state index is -1.66. The molecule has 39 heavy (non-hydrogen) atoms. The quantitative estimate of drug-likeness (QED) is 0.279. The van der Waals surface area contributed by atoms with Crippen LogP contribution in [0.4, 0.5) is 15.8 Å². The van der Waals surface area contributed by atoms with Crippen LogP contribution in [-0.4, -0.2) is 58.7 Å². The third-order valence-corrected chi connectivity index (χ3v) is 6.11. The maximum absolute atomic E-state index is 14.3. The van der Waals surface area contributed by atoms with Crippen molar-refractivity contribution < 1.29 is 14.3 Å². The van der Waals surface area contributed by atoms with Crippen LogP contribution in [0.25, 0.3) is 22.6 Å². The van der Waals surface area contributed by atoms with Crippen molar-refractivity contribution in [1.82, 2.24) is 34.7 Å². The fraction of sp³-hybridized carbons (Fsp3) is 0.185. The van der Waals surface area contributed by atoms with E-state index in [2.05, 4.69) is 37.0 Å². The molecule has 0 fully saturated rings. The van der Waals surface area contributed by atoms with Gasteiger partial charge in [-0.15, -0.1) is 10.2 Å². The lowest BCUT2D eigenvalue weighted by Gasteiger charge is -2.22. The van der Waals surface area contributed by atoms with Gasteiger partial charge in [0.2, 0.25) is 0 Å². The summed E-state index contributed by atoms with van der Waals surface area (Å²) < 4.78 is 17.7. The number of alkyl halides is 1. The molecule has 1 atom stereocenters. The van der Waals surface area contributed by atoms with Gasteiger partial charge in [0.25, 0.3) is 5.91 Å². The summed E-state index contributed by atoms with van der Waals surface area (Å²) in [5, 5.41) is 36.8. The van der Waals surface area contributed by atoms with Gasteiger partial charge in [0, 0.05) is 17.6 Å². The van der Waals surface area contributed by atoms with Crippen LogP contribution in [0.5, 0.6) is 0 Å². The number of aliphatic hydroxyl groups is 1. The second kappa shape index (κ2) is 10.3. The number of amides is 1. The van der Waals surface area contributed by atoms with Crippen LogP contribution in [0.1, 0.15) is 29.8 Å². The van der Waals surface area contributed by atoms with Gasteiger partial charge >= 0.3 is 0 Å². The predicted octanol–water partition coefficient (Wildman–Crippen LogP) is 3.43. The molecule has 0 saturated heterocycles. The molecule has 11 nitrogen and oxygen atoms in total. The van der Waals surface area contributed by atoms with E-state index in [-0.39, 0.29) is 12.1 Å². The van der Waals surface area contributed by atoms with E-state index in [9.17, 15) is 19.6 Å². The summed E-state index contributed by atoms with van der Waals surface area (Å²) in [7, 11) is 0. The standard InChI is InChI=1S/C27H24FN9O2/c1-27(2,39)25(28)14-31-26(38)21-13-30-23(24-8-7-20-9-17(11-29)12-34-37(20)24)10-22(21)35-18-3-5-19(6-4-18)36-15-32-33-16-36/h3-10,12-13,15-16,25,39H,14H2,1-2H3,(H,30,35)(H,31,38)/t25-/m1/s1. The Bertz CT molecular complexity index is 1670. The van der Waals surface area contributed by atoms with Gasteiger partial charge in [0.15, 0.2) is 0 Å². The van der Waals surface area contributed by atoms with E-state index in [0.717, 1.165) is 5.69 Å². The number of benzene rings is 1. The molecule has 0 unspecified atom stereocenters. The monoisotopic (exact) mass is 525 g/mol. The van der Waals surface area contributed by atoms with Gasteiger partial charge in [0.05, 0.1) is 52.1 Å². The Morgan fingerprint density at radius 1 is 1.13 bits per heavy atom. The lowest BCUT2D eigenvalue weighted by atomic mass is 10.0. The first-order valence-corrected chi connectivity index (χ1v) is 12.0. The van der Waals surface area contributed by atoms with Gasteiger partial charge in [-0.05, 0) is 62.4 Å². The fourth-order valence-electron chi connectivity index (χ4n) is 3.87. The van der Waals surface area contributed by atoms with Crippen molar-refractivity contribution in [1.29, 1.82) is 5.26 Å². The lowest BCUT2D eigenvalue weighted by Crippen LogP contribution is -2.42. The Morgan fingerprint density at radius 3 is 2.56 bits per heavy atom. The average Bonchev–Trinajstić information content (AvgIpc) is 3.61. The lowest BCUT2D eigenvalue weighted by molar-refractivity contribution is -0.00177. The number of carbonyl (C=O) groups is 1. The van der Waals surface area contributed by atoms with Gasteiger partial charge in [-0.25, -0.2) is 8.91 Å². The molecular weight excluding hydrogens is 501 g/mol. The number of fused-ring (bicyclic) bond motifs is 1. The summed E-state index contributed by atoms with van der Waals surface area (Å²) in [6, 6.07) is 16.5. The van der Waals surface area contributed by atoms with Crippen molar-refractivity contribution >= 4 is 22.8 Å². The van der Waals surface area contributed by atoms with Gasteiger partial charge in [-0.2, -0.15) is 10.4 Å². The van der Waals surface area contributed by atoms with Crippen LogP contribution in [-0.2, 0) is 0 Å². The molecule has 0 saturated carbocycles. The molecule has 5 rings (SSSR count). The molecular formula is C27H24FN9O2. The van der Waals surface area contributed by atoms with Gasteiger partial charge in [0.1, 0.15) is 24.9 Å². The Morgan fingerprint density at radius 2 is 1.87 bits per heavy atom. The Labute approximate surface area is 222 Å². The minimum Gasteiger partial charge on any atom is -0.387 e. The SMILES string of the molecule is CC(C)(O)[C@H](F)CNC(=O)c1cnc(-c2ccc3cc(C#N)cnn23)cc1Nc1ccc(-n2cnnc2)cc1. The zero-order valence-corrected chi connectivity index (χ0v) is 21.1. The van der Waals surface area contributed by atoms with Crippen LogP contribution >= 0.6 is 0 Å².